The van der Waals surface area contributed by atoms with E-state index in [4.69, 9.17) is 9.31 Å². The van der Waals surface area contributed by atoms with Crippen molar-refractivity contribution in [1.29, 1.82) is 0 Å². The van der Waals surface area contributed by atoms with Crippen LogP contribution in [0.15, 0.2) is 36.4 Å². The third-order valence-corrected chi connectivity index (χ3v) is 6.25. The highest BCUT2D eigenvalue weighted by Crippen LogP contribution is 2.37. The van der Waals surface area contributed by atoms with Gasteiger partial charge in [0.05, 0.1) is 16.7 Å². The number of aryl methyl sites for hydroxylation is 2. The van der Waals surface area contributed by atoms with Gasteiger partial charge in [0.15, 0.2) is 5.69 Å². The molecule has 4 rings (SSSR count). The number of fused-ring (bicyclic) bond motifs is 1. The van der Waals surface area contributed by atoms with Gasteiger partial charge in [-0.15, -0.1) is 0 Å². The van der Waals surface area contributed by atoms with Crippen molar-refractivity contribution < 1.29 is 19.2 Å². The van der Waals surface area contributed by atoms with Crippen molar-refractivity contribution in [2.75, 3.05) is 0 Å². The molecule has 156 valence electrons. The van der Waals surface area contributed by atoms with Crippen molar-refractivity contribution in [2.24, 2.45) is 0 Å². The molecule has 0 aliphatic carbocycles. The monoisotopic (exact) mass is 406 g/mol. The lowest BCUT2D eigenvalue weighted by molar-refractivity contribution is 0.00578. The Balaban J connectivity index is 1.75. The van der Waals surface area contributed by atoms with Crippen LogP contribution >= 0.6 is 0 Å². The number of hydrogen-bond acceptors (Lipinski definition) is 4. The summed E-state index contributed by atoms with van der Waals surface area (Å²) in [6.45, 7) is 12.6. The van der Waals surface area contributed by atoms with Crippen molar-refractivity contribution in [2.45, 2.75) is 59.3 Å². The van der Waals surface area contributed by atoms with E-state index in [0.29, 0.717) is 17.8 Å². The molecule has 0 amide bonds. The van der Waals surface area contributed by atoms with E-state index in [1.54, 1.807) is 0 Å². The molecule has 2 aromatic heterocycles. The summed E-state index contributed by atoms with van der Waals surface area (Å²) in [6, 6.07) is 12.0. The van der Waals surface area contributed by atoms with Gasteiger partial charge < -0.3 is 19.0 Å². The van der Waals surface area contributed by atoms with Crippen LogP contribution in [0.5, 0.6) is 0 Å². The number of pyridine rings is 1. The first-order valence-corrected chi connectivity index (χ1v) is 10.2. The molecule has 0 unspecified atom stereocenters. The van der Waals surface area contributed by atoms with Gasteiger partial charge in [0.2, 0.25) is 0 Å². The molecule has 0 radical (unpaired) electrons. The van der Waals surface area contributed by atoms with Crippen molar-refractivity contribution in [1.82, 2.24) is 9.55 Å². The van der Waals surface area contributed by atoms with E-state index in [1.807, 2.05) is 82.5 Å². The lowest BCUT2D eigenvalue weighted by Gasteiger charge is -2.32. The van der Waals surface area contributed by atoms with Crippen molar-refractivity contribution in [3.63, 3.8) is 0 Å². The van der Waals surface area contributed by atoms with Crippen molar-refractivity contribution in [3.05, 3.63) is 47.8 Å². The molecule has 0 bridgehead atoms. The molecule has 1 aliphatic rings. The fourth-order valence-corrected chi connectivity index (χ4v) is 3.94. The third-order valence-electron chi connectivity index (χ3n) is 6.25. The van der Waals surface area contributed by atoms with Crippen LogP contribution in [0.4, 0.5) is 0 Å². The Bertz CT molecular complexity index is 1120. The Morgan fingerprint density at radius 3 is 2.23 bits per heavy atom. The molecule has 1 aliphatic heterocycles. The number of hydrogen-bond donors (Lipinski definition) is 1. The number of carboxylic acids is 1. The summed E-state index contributed by atoms with van der Waals surface area (Å²) in [5, 5.41) is 10.5. The van der Waals surface area contributed by atoms with Gasteiger partial charge >= 0.3 is 13.1 Å². The highest BCUT2D eigenvalue weighted by atomic mass is 16.7. The van der Waals surface area contributed by atoms with Crippen LogP contribution in [-0.2, 0) is 15.9 Å². The number of carbonyl (C=O) groups is 1. The van der Waals surface area contributed by atoms with Crippen LogP contribution in [0.2, 0.25) is 0 Å². The fraction of sp³-hybridized carbons (Fsp3) is 0.391. The maximum atomic E-state index is 11.8. The van der Waals surface area contributed by atoms with Gasteiger partial charge in [0, 0.05) is 23.3 Å². The van der Waals surface area contributed by atoms with Crippen molar-refractivity contribution >= 4 is 29.5 Å². The highest BCUT2D eigenvalue weighted by Gasteiger charge is 2.51. The summed E-state index contributed by atoms with van der Waals surface area (Å²) in [6.07, 6.45) is 0. The maximum absolute atomic E-state index is 11.8. The Hall–Kier alpha value is -2.64. The SMILES string of the molecule is CCn1c(-c2ccc(B3OC(C)(C)C(C)(C)O3)cc2)cc2cc(C)nc(C(=O)O)c21. The molecule has 3 aromatic rings. The number of aromatic carboxylic acids is 1. The smallest absolute Gasteiger partial charge is 0.476 e. The van der Waals surface area contributed by atoms with Gasteiger partial charge in [-0.3, -0.25) is 0 Å². The zero-order chi connectivity index (χ0) is 21.8. The molecule has 1 saturated heterocycles. The molecule has 0 atom stereocenters. The summed E-state index contributed by atoms with van der Waals surface area (Å²) in [5.41, 5.74) is 3.58. The minimum Gasteiger partial charge on any atom is -0.476 e. The minimum absolute atomic E-state index is 0.0898. The predicted molar refractivity (Wildman–Crippen MR) is 118 cm³/mol. The predicted octanol–water partition coefficient (Wildman–Crippen LogP) is 4.03. The molecule has 3 heterocycles. The largest absolute Gasteiger partial charge is 0.494 e. The van der Waals surface area contributed by atoms with E-state index in [-0.39, 0.29) is 16.9 Å². The van der Waals surface area contributed by atoms with Crippen LogP contribution in [0.3, 0.4) is 0 Å². The molecule has 0 saturated carbocycles. The first-order chi connectivity index (χ1) is 14.0. The molecule has 1 aromatic carbocycles. The third kappa shape index (κ3) is 3.22. The topological polar surface area (TPSA) is 73.6 Å². The molecule has 30 heavy (non-hydrogen) atoms. The number of nitrogens with zero attached hydrogens (tertiary/aromatic N) is 2. The van der Waals surface area contributed by atoms with Gasteiger partial charge in [-0.1, -0.05) is 24.3 Å². The van der Waals surface area contributed by atoms with Crippen LogP contribution in [0.25, 0.3) is 22.2 Å². The van der Waals surface area contributed by atoms with E-state index in [1.165, 1.54) is 0 Å². The van der Waals surface area contributed by atoms with Crippen LogP contribution in [0, 0.1) is 6.92 Å². The van der Waals surface area contributed by atoms with Gasteiger partial charge in [0.1, 0.15) is 0 Å². The second kappa shape index (κ2) is 6.96. The van der Waals surface area contributed by atoms with E-state index in [2.05, 4.69) is 4.98 Å². The molecule has 0 spiro atoms. The van der Waals surface area contributed by atoms with E-state index in [9.17, 15) is 9.90 Å². The molecule has 1 fully saturated rings. The van der Waals surface area contributed by atoms with Crippen molar-refractivity contribution in [3.8, 4) is 11.3 Å². The van der Waals surface area contributed by atoms with E-state index < -0.39 is 13.1 Å². The van der Waals surface area contributed by atoms with E-state index >= 15 is 0 Å². The summed E-state index contributed by atoms with van der Waals surface area (Å²) in [7, 11) is -0.411. The minimum atomic E-state index is -1.01. The maximum Gasteiger partial charge on any atom is 0.494 e. The Morgan fingerprint density at radius 2 is 1.70 bits per heavy atom. The molecule has 6 nitrogen and oxygen atoms in total. The molecule has 7 heteroatoms. The van der Waals surface area contributed by atoms with Gasteiger partial charge in [-0.25, -0.2) is 9.78 Å². The quantitative estimate of drug-likeness (QED) is 0.663. The zero-order valence-electron chi connectivity index (χ0n) is 18.3. The zero-order valence-corrected chi connectivity index (χ0v) is 18.3. The Kier molecular flexibility index (Phi) is 4.79. The van der Waals surface area contributed by atoms with Crippen LogP contribution in [0.1, 0.15) is 50.8 Å². The highest BCUT2D eigenvalue weighted by molar-refractivity contribution is 6.62. The average molecular weight is 406 g/mol. The Labute approximate surface area is 177 Å². The first-order valence-electron chi connectivity index (χ1n) is 10.2. The molecular weight excluding hydrogens is 379 g/mol. The Morgan fingerprint density at radius 1 is 1.10 bits per heavy atom. The number of rotatable bonds is 4. The van der Waals surface area contributed by atoms with E-state index in [0.717, 1.165) is 22.1 Å². The number of carboxylic acid groups (broad SMARTS) is 1. The van der Waals surface area contributed by atoms with Gasteiger partial charge in [-0.05, 0) is 64.7 Å². The van der Waals surface area contributed by atoms with Gasteiger partial charge in [0.25, 0.3) is 0 Å². The van der Waals surface area contributed by atoms with Crippen LogP contribution in [-0.4, -0.2) is 38.9 Å². The molecular formula is C23H27BN2O4. The normalized spacial score (nSPS) is 17.6. The average Bonchev–Trinajstić information content (AvgIpc) is 3.14. The fourth-order valence-electron chi connectivity index (χ4n) is 3.94. The standard InChI is InChI=1S/C23H27BN2O4/c1-7-26-18(13-16-12-14(2)25-19(20(16)26)21(27)28)15-8-10-17(11-9-15)24-29-22(3,4)23(5,6)30-24/h8-13H,7H2,1-6H3,(H,27,28). The second-order valence-electron chi connectivity index (χ2n) is 8.84. The van der Waals surface area contributed by atoms with Crippen LogP contribution < -0.4 is 5.46 Å². The number of benzene rings is 1. The summed E-state index contributed by atoms with van der Waals surface area (Å²) in [4.78, 5) is 16.0. The number of aromatic nitrogens is 2. The lowest BCUT2D eigenvalue weighted by Crippen LogP contribution is -2.41. The lowest BCUT2D eigenvalue weighted by atomic mass is 9.79. The molecule has 1 N–H and O–H groups in total. The summed E-state index contributed by atoms with van der Waals surface area (Å²) < 4.78 is 14.3. The van der Waals surface area contributed by atoms with Gasteiger partial charge in [-0.2, -0.15) is 0 Å². The summed E-state index contributed by atoms with van der Waals surface area (Å²) >= 11 is 0. The second-order valence-corrected chi connectivity index (χ2v) is 8.84. The first kappa shape index (κ1) is 20.6. The summed E-state index contributed by atoms with van der Waals surface area (Å²) in [5.74, 6) is -1.01.